The molecule has 0 aliphatic carbocycles. The minimum Gasteiger partial charge on any atom is -0.392 e. The van der Waals surface area contributed by atoms with Gasteiger partial charge in [0.25, 0.3) is 0 Å². The molecular formula is C17H37N3O3. The maximum atomic E-state index is 9.65. The highest BCUT2D eigenvalue weighted by Crippen LogP contribution is 2.01. The molecule has 1 rings (SSSR count). The van der Waals surface area contributed by atoms with E-state index in [-0.39, 0.29) is 12.2 Å². The molecule has 0 bridgehead atoms. The van der Waals surface area contributed by atoms with Crippen LogP contribution in [0.3, 0.4) is 0 Å². The monoisotopic (exact) mass is 331 g/mol. The highest BCUT2D eigenvalue weighted by atomic mass is 16.5. The van der Waals surface area contributed by atoms with Gasteiger partial charge in [-0.25, -0.2) is 0 Å². The van der Waals surface area contributed by atoms with Crippen molar-refractivity contribution in [3.05, 3.63) is 0 Å². The number of nitrogens with zero attached hydrogens (tertiary/aromatic N) is 3. The summed E-state index contributed by atoms with van der Waals surface area (Å²) >= 11 is 0. The summed E-state index contributed by atoms with van der Waals surface area (Å²) < 4.78 is 5.74. The normalized spacial score (nSPS) is 23.9. The molecule has 1 fully saturated rings. The van der Waals surface area contributed by atoms with Crippen molar-refractivity contribution in [1.82, 2.24) is 14.7 Å². The maximum absolute atomic E-state index is 9.65. The van der Waals surface area contributed by atoms with Crippen molar-refractivity contribution < 1.29 is 14.9 Å². The van der Waals surface area contributed by atoms with Gasteiger partial charge in [0, 0.05) is 52.4 Å². The fourth-order valence-electron chi connectivity index (χ4n) is 3.04. The average Bonchev–Trinajstić information content (AvgIpc) is 2.46. The van der Waals surface area contributed by atoms with Gasteiger partial charge < -0.3 is 19.8 Å². The molecule has 0 aromatic rings. The van der Waals surface area contributed by atoms with Gasteiger partial charge in [-0.3, -0.25) is 9.80 Å². The Bertz CT molecular complexity index is 266. The predicted octanol–water partition coefficient (Wildman–Crippen LogP) is 0.0942. The Morgan fingerprint density at radius 3 is 1.61 bits per heavy atom. The lowest BCUT2D eigenvalue weighted by atomic mass is 10.3. The minimum absolute atomic E-state index is 0.302. The largest absolute Gasteiger partial charge is 0.392 e. The van der Waals surface area contributed by atoms with Crippen molar-refractivity contribution in [2.75, 3.05) is 72.1 Å². The van der Waals surface area contributed by atoms with Gasteiger partial charge in [0.2, 0.25) is 0 Å². The van der Waals surface area contributed by atoms with E-state index in [1.807, 2.05) is 13.8 Å². The van der Waals surface area contributed by atoms with Crippen LogP contribution in [0.4, 0.5) is 0 Å². The average molecular weight is 332 g/mol. The van der Waals surface area contributed by atoms with Crippen LogP contribution in [0.5, 0.6) is 0 Å². The molecule has 0 aromatic carbocycles. The lowest BCUT2D eigenvalue weighted by Gasteiger charge is -2.32. The molecule has 0 radical (unpaired) electrons. The number of hydrogen-bond donors (Lipinski definition) is 2. The zero-order valence-electron chi connectivity index (χ0n) is 15.3. The molecule has 6 heteroatoms. The van der Waals surface area contributed by atoms with Crippen molar-refractivity contribution in [3.8, 4) is 0 Å². The Morgan fingerprint density at radius 1 is 0.783 bits per heavy atom. The minimum atomic E-state index is -0.302. The molecule has 0 spiro atoms. The van der Waals surface area contributed by atoms with Gasteiger partial charge in [-0.15, -0.1) is 0 Å². The molecule has 0 amide bonds. The van der Waals surface area contributed by atoms with Gasteiger partial charge in [0.15, 0.2) is 0 Å². The number of rotatable bonds is 6. The summed E-state index contributed by atoms with van der Waals surface area (Å²) in [7, 11) is 0. The van der Waals surface area contributed by atoms with Crippen LogP contribution >= 0.6 is 0 Å². The third kappa shape index (κ3) is 10.3. The van der Waals surface area contributed by atoms with Crippen LogP contribution < -0.4 is 0 Å². The first-order valence-electron chi connectivity index (χ1n) is 9.12. The summed E-state index contributed by atoms with van der Waals surface area (Å²) in [6.45, 7) is 15.5. The Morgan fingerprint density at radius 2 is 1.22 bits per heavy atom. The summed E-state index contributed by atoms with van der Waals surface area (Å²) in [6, 6.07) is 0. The maximum Gasteiger partial charge on any atom is 0.0639 e. The van der Waals surface area contributed by atoms with E-state index in [1.54, 1.807) is 0 Å². The molecule has 1 heterocycles. The van der Waals surface area contributed by atoms with Crippen LogP contribution in [0.2, 0.25) is 0 Å². The van der Waals surface area contributed by atoms with Crippen molar-refractivity contribution >= 4 is 0 Å². The highest BCUT2D eigenvalue weighted by molar-refractivity contribution is 4.70. The van der Waals surface area contributed by atoms with Gasteiger partial charge in [-0.1, -0.05) is 6.92 Å². The van der Waals surface area contributed by atoms with E-state index in [4.69, 9.17) is 4.74 Å². The molecule has 1 aliphatic rings. The Hall–Kier alpha value is -0.240. The van der Waals surface area contributed by atoms with E-state index in [0.29, 0.717) is 26.3 Å². The second-order valence-electron chi connectivity index (χ2n) is 6.75. The van der Waals surface area contributed by atoms with Crippen LogP contribution in [0.1, 0.15) is 27.2 Å². The first kappa shape index (κ1) is 20.8. The molecule has 0 saturated carbocycles. The van der Waals surface area contributed by atoms with Gasteiger partial charge in [-0.2, -0.15) is 0 Å². The van der Waals surface area contributed by atoms with Crippen LogP contribution in [-0.2, 0) is 4.74 Å². The van der Waals surface area contributed by atoms with Crippen LogP contribution in [0.15, 0.2) is 0 Å². The van der Waals surface area contributed by atoms with Crippen LogP contribution in [0, 0.1) is 0 Å². The van der Waals surface area contributed by atoms with E-state index >= 15 is 0 Å². The predicted molar refractivity (Wildman–Crippen MR) is 93.8 cm³/mol. The second kappa shape index (κ2) is 12.2. The van der Waals surface area contributed by atoms with Crippen molar-refractivity contribution in [1.29, 1.82) is 0 Å². The van der Waals surface area contributed by atoms with Gasteiger partial charge in [0.1, 0.15) is 0 Å². The number of ether oxygens (including phenoxy) is 1. The van der Waals surface area contributed by atoms with E-state index in [1.165, 1.54) is 0 Å². The standard InChI is InChI=1S/C17H37N3O3/c1-4-5-18-6-8-19(14-16(2)21)10-12-23-13-11-20(9-7-18)15-17(3)22/h16-17,21-22H,4-15H2,1-3H3. The topological polar surface area (TPSA) is 59.4 Å². The second-order valence-corrected chi connectivity index (χ2v) is 6.75. The third-order valence-corrected chi connectivity index (χ3v) is 4.15. The first-order chi connectivity index (χ1) is 11.0. The summed E-state index contributed by atoms with van der Waals surface area (Å²) in [5.74, 6) is 0. The van der Waals surface area contributed by atoms with E-state index < -0.39 is 0 Å². The van der Waals surface area contributed by atoms with Crippen LogP contribution in [-0.4, -0.2) is 109 Å². The Kier molecular flexibility index (Phi) is 11.0. The SMILES string of the molecule is CCCN1CCN(CC(C)O)CCOCCN(CC(C)O)CC1. The van der Waals surface area contributed by atoms with Gasteiger partial charge in [-0.05, 0) is 26.8 Å². The van der Waals surface area contributed by atoms with Crippen molar-refractivity contribution in [3.63, 3.8) is 0 Å². The van der Waals surface area contributed by atoms with E-state index in [0.717, 1.165) is 52.2 Å². The van der Waals surface area contributed by atoms with Gasteiger partial charge >= 0.3 is 0 Å². The lowest BCUT2D eigenvalue weighted by molar-refractivity contribution is 0.0427. The molecule has 2 unspecified atom stereocenters. The fourth-order valence-corrected chi connectivity index (χ4v) is 3.04. The molecule has 1 saturated heterocycles. The summed E-state index contributed by atoms with van der Waals surface area (Å²) in [5.41, 5.74) is 0. The number of aliphatic hydroxyl groups is 2. The van der Waals surface area contributed by atoms with Crippen LogP contribution in [0.25, 0.3) is 0 Å². The Balaban J connectivity index is 2.57. The molecule has 2 atom stereocenters. The fraction of sp³-hybridized carbons (Fsp3) is 1.00. The van der Waals surface area contributed by atoms with Gasteiger partial charge in [0.05, 0.1) is 25.4 Å². The van der Waals surface area contributed by atoms with Crippen molar-refractivity contribution in [2.24, 2.45) is 0 Å². The smallest absolute Gasteiger partial charge is 0.0639 e. The molecule has 0 aromatic heterocycles. The van der Waals surface area contributed by atoms with Crippen molar-refractivity contribution in [2.45, 2.75) is 39.4 Å². The third-order valence-electron chi connectivity index (χ3n) is 4.15. The zero-order chi connectivity index (χ0) is 17.1. The number of β-amino-alcohol motifs (C(OH)–C–C–N with tert-alkyl or cyclic N) is 2. The summed E-state index contributed by atoms with van der Waals surface area (Å²) in [6.07, 6.45) is 0.545. The molecular weight excluding hydrogens is 294 g/mol. The molecule has 2 N–H and O–H groups in total. The quantitative estimate of drug-likeness (QED) is 0.720. The van der Waals surface area contributed by atoms with E-state index in [2.05, 4.69) is 21.6 Å². The molecule has 1 aliphatic heterocycles. The lowest BCUT2D eigenvalue weighted by Crippen LogP contribution is -2.45. The number of aliphatic hydroxyl groups excluding tert-OH is 2. The Labute approximate surface area is 142 Å². The molecule has 23 heavy (non-hydrogen) atoms. The summed E-state index contributed by atoms with van der Waals surface area (Å²) in [4.78, 5) is 7.08. The van der Waals surface area contributed by atoms with E-state index in [9.17, 15) is 10.2 Å². The zero-order valence-corrected chi connectivity index (χ0v) is 15.3. The highest BCUT2D eigenvalue weighted by Gasteiger charge is 2.15. The summed E-state index contributed by atoms with van der Waals surface area (Å²) in [5, 5.41) is 19.3. The first-order valence-corrected chi connectivity index (χ1v) is 9.12. The number of hydrogen-bond acceptors (Lipinski definition) is 6. The molecule has 6 nitrogen and oxygen atoms in total. The molecule has 138 valence electrons.